The van der Waals surface area contributed by atoms with Crippen LogP contribution in [-0.2, 0) is 6.42 Å². The Labute approximate surface area is 113 Å². The summed E-state index contributed by atoms with van der Waals surface area (Å²) in [5.41, 5.74) is 1.89. The molecule has 0 spiro atoms. The minimum Gasteiger partial charge on any atom is -0.310 e. The third-order valence-corrected chi connectivity index (χ3v) is 3.00. The smallest absolute Gasteiger partial charge is 0.310 e. The molecule has 1 N–H and O–H groups in total. The molecule has 0 aliphatic heterocycles. The molecule has 0 aromatic heterocycles. The summed E-state index contributed by atoms with van der Waals surface area (Å²) in [6, 6.07) is 6.83. The van der Waals surface area contributed by atoms with Crippen LogP contribution < -0.4 is 5.32 Å². The molecule has 19 heavy (non-hydrogen) atoms. The monoisotopic (exact) mass is 273 g/mol. The van der Waals surface area contributed by atoms with Crippen LogP contribution in [0.25, 0.3) is 0 Å². The number of hydrogen-bond acceptors (Lipinski definition) is 1. The minimum atomic E-state index is -4.15. The third-order valence-electron chi connectivity index (χ3n) is 3.00. The lowest BCUT2D eigenvalue weighted by molar-refractivity contribution is -0.140. The largest absolute Gasteiger partial charge is 0.390 e. The second-order valence-corrected chi connectivity index (χ2v) is 4.82. The minimum absolute atomic E-state index is 0.595. The number of aryl methyl sites for hydroxylation is 1. The predicted octanol–water partition coefficient (Wildman–Crippen LogP) is 4.63. The highest BCUT2D eigenvalue weighted by atomic mass is 19.4. The summed E-state index contributed by atoms with van der Waals surface area (Å²) in [5.74, 6) is 0. The van der Waals surface area contributed by atoms with Gasteiger partial charge in [0.25, 0.3) is 0 Å². The van der Waals surface area contributed by atoms with Crippen LogP contribution in [-0.4, -0.2) is 12.7 Å². The maximum Gasteiger partial charge on any atom is 0.390 e. The van der Waals surface area contributed by atoms with Gasteiger partial charge in [-0.25, -0.2) is 0 Å². The van der Waals surface area contributed by atoms with E-state index in [1.165, 1.54) is 5.56 Å². The standard InChI is InChI=1S/C15H22F3N/c1-3-5-12-6-8-13(9-7-12)14(19-10-4-2)11-15(16,17)18/h6-9,14,19H,3-5,10-11H2,1-2H3. The lowest BCUT2D eigenvalue weighted by Crippen LogP contribution is -2.27. The first-order chi connectivity index (χ1) is 8.96. The number of rotatable bonds is 7. The van der Waals surface area contributed by atoms with E-state index >= 15 is 0 Å². The van der Waals surface area contributed by atoms with Crippen molar-refractivity contribution in [2.75, 3.05) is 6.54 Å². The van der Waals surface area contributed by atoms with Gasteiger partial charge in [-0.05, 0) is 30.5 Å². The van der Waals surface area contributed by atoms with Crippen molar-refractivity contribution in [3.05, 3.63) is 35.4 Å². The first kappa shape index (κ1) is 16.0. The van der Waals surface area contributed by atoms with Crippen LogP contribution in [0.5, 0.6) is 0 Å². The molecule has 1 rings (SSSR count). The zero-order valence-corrected chi connectivity index (χ0v) is 11.6. The number of benzene rings is 1. The Kier molecular flexibility index (Phi) is 6.35. The molecule has 0 bridgehead atoms. The number of nitrogens with one attached hydrogen (secondary N) is 1. The summed E-state index contributed by atoms with van der Waals surface area (Å²) in [7, 11) is 0. The quantitative estimate of drug-likeness (QED) is 0.763. The molecule has 0 amide bonds. The summed E-state index contributed by atoms with van der Waals surface area (Å²) in [4.78, 5) is 0. The van der Waals surface area contributed by atoms with E-state index < -0.39 is 18.6 Å². The van der Waals surface area contributed by atoms with Crippen molar-refractivity contribution in [2.24, 2.45) is 0 Å². The molecule has 0 saturated heterocycles. The third kappa shape index (κ3) is 6.10. The molecule has 1 atom stereocenters. The highest BCUT2D eigenvalue weighted by Gasteiger charge is 2.32. The molecule has 0 aliphatic rings. The van der Waals surface area contributed by atoms with Gasteiger partial charge in [0.2, 0.25) is 0 Å². The highest BCUT2D eigenvalue weighted by molar-refractivity contribution is 5.25. The zero-order chi connectivity index (χ0) is 14.3. The normalized spacial score (nSPS) is 13.5. The van der Waals surface area contributed by atoms with E-state index in [-0.39, 0.29) is 0 Å². The van der Waals surface area contributed by atoms with Gasteiger partial charge in [-0.1, -0.05) is 44.5 Å². The van der Waals surface area contributed by atoms with E-state index in [1.54, 1.807) is 0 Å². The molecule has 1 nitrogen and oxygen atoms in total. The summed E-state index contributed by atoms with van der Waals surface area (Å²) in [6.45, 7) is 4.63. The van der Waals surface area contributed by atoms with Gasteiger partial charge in [-0.15, -0.1) is 0 Å². The Morgan fingerprint density at radius 3 is 2.16 bits per heavy atom. The van der Waals surface area contributed by atoms with Crippen LogP contribution in [0.1, 0.15) is 50.3 Å². The number of halogens is 3. The Morgan fingerprint density at radius 2 is 1.68 bits per heavy atom. The van der Waals surface area contributed by atoms with Gasteiger partial charge in [0, 0.05) is 6.04 Å². The first-order valence-electron chi connectivity index (χ1n) is 6.85. The van der Waals surface area contributed by atoms with Gasteiger partial charge in [-0.2, -0.15) is 13.2 Å². The van der Waals surface area contributed by atoms with Gasteiger partial charge in [0.15, 0.2) is 0 Å². The molecule has 1 unspecified atom stereocenters. The molecule has 0 heterocycles. The number of hydrogen-bond donors (Lipinski definition) is 1. The molecule has 0 fully saturated rings. The van der Waals surface area contributed by atoms with Gasteiger partial charge in [-0.3, -0.25) is 0 Å². The van der Waals surface area contributed by atoms with Crippen LogP contribution in [0.2, 0.25) is 0 Å². The van der Waals surface area contributed by atoms with Crippen LogP contribution in [0.3, 0.4) is 0 Å². The Hall–Kier alpha value is -1.03. The molecular formula is C15H22F3N. The maximum atomic E-state index is 12.6. The van der Waals surface area contributed by atoms with Crippen LogP contribution in [0, 0.1) is 0 Å². The lowest BCUT2D eigenvalue weighted by Gasteiger charge is -2.20. The Morgan fingerprint density at radius 1 is 1.05 bits per heavy atom. The molecule has 1 aromatic rings. The van der Waals surface area contributed by atoms with Crippen molar-refractivity contribution in [1.82, 2.24) is 5.32 Å². The molecule has 4 heteroatoms. The van der Waals surface area contributed by atoms with Crippen LogP contribution >= 0.6 is 0 Å². The van der Waals surface area contributed by atoms with E-state index in [2.05, 4.69) is 12.2 Å². The van der Waals surface area contributed by atoms with E-state index in [9.17, 15) is 13.2 Å². The fourth-order valence-corrected chi connectivity index (χ4v) is 2.06. The molecule has 0 saturated carbocycles. The summed E-state index contributed by atoms with van der Waals surface area (Å²) >= 11 is 0. The summed E-state index contributed by atoms with van der Waals surface area (Å²) in [5, 5.41) is 2.97. The SMILES string of the molecule is CCCNC(CC(F)(F)F)c1ccc(CCC)cc1. The second kappa shape index (κ2) is 7.53. The summed E-state index contributed by atoms with van der Waals surface area (Å²) < 4.78 is 37.7. The molecule has 0 aliphatic carbocycles. The Balaban J connectivity index is 2.77. The van der Waals surface area contributed by atoms with E-state index in [1.807, 2.05) is 31.2 Å². The van der Waals surface area contributed by atoms with Crippen molar-refractivity contribution in [3.8, 4) is 0 Å². The topological polar surface area (TPSA) is 12.0 Å². The van der Waals surface area contributed by atoms with Gasteiger partial charge < -0.3 is 5.32 Å². The van der Waals surface area contributed by atoms with Gasteiger partial charge in [0.05, 0.1) is 6.42 Å². The van der Waals surface area contributed by atoms with Crippen molar-refractivity contribution in [3.63, 3.8) is 0 Å². The molecule has 1 aromatic carbocycles. The second-order valence-electron chi connectivity index (χ2n) is 4.82. The van der Waals surface area contributed by atoms with Gasteiger partial charge >= 0.3 is 6.18 Å². The van der Waals surface area contributed by atoms with Crippen LogP contribution in [0.15, 0.2) is 24.3 Å². The maximum absolute atomic E-state index is 12.6. The Bertz CT molecular complexity index is 357. The molecule has 108 valence electrons. The lowest BCUT2D eigenvalue weighted by atomic mass is 10.0. The van der Waals surface area contributed by atoms with E-state index in [0.29, 0.717) is 12.1 Å². The average molecular weight is 273 g/mol. The first-order valence-corrected chi connectivity index (χ1v) is 6.85. The summed E-state index contributed by atoms with van der Waals surface area (Å²) in [6.07, 6.45) is -2.14. The zero-order valence-electron chi connectivity index (χ0n) is 11.6. The average Bonchev–Trinajstić information content (AvgIpc) is 2.34. The van der Waals surface area contributed by atoms with E-state index in [0.717, 1.165) is 19.3 Å². The van der Waals surface area contributed by atoms with Crippen LogP contribution in [0.4, 0.5) is 13.2 Å². The molecular weight excluding hydrogens is 251 g/mol. The highest BCUT2D eigenvalue weighted by Crippen LogP contribution is 2.29. The van der Waals surface area contributed by atoms with Gasteiger partial charge in [0.1, 0.15) is 0 Å². The van der Waals surface area contributed by atoms with Crippen molar-refractivity contribution < 1.29 is 13.2 Å². The van der Waals surface area contributed by atoms with Crippen molar-refractivity contribution in [1.29, 1.82) is 0 Å². The van der Waals surface area contributed by atoms with Crippen molar-refractivity contribution in [2.45, 2.75) is 51.7 Å². The fourth-order valence-electron chi connectivity index (χ4n) is 2.06. The molecule has 0 radical (unpaired) electrons. The predicted molar refractivity (Wildman–Crippen MR) is 72.1 cm³/mol. The fraction of sp³-hybridized carbons (Fsp3) is 0.600. The van der Waals surface area contributed by atoms with E-state index in [4.69, 9.17) is 0 Å². The number of alkyl halides is 3. The van der Waals surface area contributed by atoms with Crippen molar-refractivity contribution >= 4 is 0 Å².